The third-order valence-electron chi connectivity index (χ3n) is 5.28. The fourth-order valence-electron chi connectivity index (χ4n) is 3.80. The summed E-state index contributed by atoms with van der Waals surface area (Å²) in [6.45, 7) is 3.05. The average Bonchev–Trinajstić information content (AvgIpc) is 2.66. The molecule has 0 aliphatic carbocycles. The summed E-state index contributed by atoms with van der Waals surface area (Å²) in [5.74, 6) is -0.333. The Morgan fingerprint density at radius 1 is 1.00 bits per heavy atom. The first kappa shape index (κ1) is 22.0. The smallest absolute Gasteiger partial charge is 0.417 e. The topological polar surface area (TPSA) is 42.4 Å². The number of pyridine rings is 1. The lowest BCUT2D eigenvalue weighted by molar-refractivity contribution is -0.266. The molecule has 1 atom stereocenters. The summed E-state index contributed by atoms with van der Waals surface area (Å²) in [5, 5.41) is 11.6. The largest absolute Gasteiger partial charge is 0.496 e. The minimum Gasteiger partial charge on any atom is -0.496 e. The van der Waals surface area contributed by atoms with E-state index in [0.717, 1.165) is 11.5 Å². The van der Waals surface area contributed by atoms with E-state index in [0.29, 0.717) is 5.52 Å². The van der Waals surface area contributed by atoms with Crippen LogP contribution in [0.4, 0.5) is 17.6 Å². The van der Waals surface area contributed by atoms with Crippen LogP contribution in [0.25, 0.3) is 10.9 Å². The van der Waals surface area contributed by atoms with Gasteiger partial charge in [0.25, 0.3) is 0 Å². The summed E-state index contributed by atoms with van der Waals surface area (Å²) in [4.78, 5) is 4.28. The van der Waals surface area contributed by atoms with E-state index in [1.54, 1.807) is 24.3 Å². The van der Waals surface area contributed by atoms with Crippen molar-refractivity contribution in [2.75, 3.05) is 7.11 Å². The summed E-state index contributed by atoms with van der Waals surface area (Å²) >= 11 is 0. The number of alkyl halides is 3. The molecule has 7 heteroatoms. The molecule has 3 aromatic rings. The lowest BCUT2D eigenvalue weighted by atomic mass is 9.73. The highest BCUT2D eigenvalue weighted by Gasteiger charge is 2.56. The zero-order chi connectivity index (χ0) is 22.2. The van der Waals surface area contributed by atoms with Crippen LogP contribution in [0.5, 0.6) is 5.75 Å². The van der Waals surface area contributed by atoms with E-state index in [1.807, 2.05) is 6.07 Å². The van der Waals surface area contributed by atoms with Gasteiger partial charge in [0.2, 0.25) is 0 Å². The van der Waals surface area contributed by atoms with Crippen LogP contribution in [0.1, 0.15) is 31.5 Å². The van der Waals surface area contributed by atoms with Gasteiger partial charge in [0.15, 0.2) is 5.60 Å². The molecule has 0 spiro atoms. The Hall–Kier alpha value is -2.67. The second-order valence-corrected chi connectivity index (χ2v) is 8.11. The van der Waals surface area contributed by atoms with Gasteiger partial charge in [-0.25, -0.2) is 4.39 Å². The van der Waals surface area contributed by atoms with Crippen LogP contribution in [0.3, 0.4) is 0 Å². The molecule has 1 N–H and O–H groups in total. The van der Waals surface area contributed by atoms with Gasteiger partial charge in [-0.05, 0) is 42.2 Å². The van der Waals surface area contributed by atoms with Gasteiger partial charge < -0.3 is 9.84 Å². The molecule has 30 heavy (non-hydrogen) atoms. The summed E-state index contributed by atoms with van der Waals surface area (Å²) in [6.07, 6.45) is -6.33. The summed E-state index contributed by atoms with van der Waals surface area (Å²) in [7, 11) is 1.36. The summed E-state index contributed by atoms with van der Waals surface area (Å²) in [5.41, 5.74) is -3.39. The Labute approximate surface area is 172 Å². The van der Waals surface area contributed by atoms with E-state index in [2.05, 4.69) is 4.98 Å². The Bertz CT molecular complexity index is 1050. The lowest BCUT2D eigenvalue weighted by Gasteiger charge is -2.38. The highest BCUT2D eigenvalue weighted by molar-refractivity contribution is 5.78. The van der Waals surface area contributed by atoms with Crippen molar-refractivity contribution in [1.82, 2.24) is 4.98 Å². The van der Waals surface area contributed by atoms with Crippen LogP contribution in [-0.2, 0) is 11.8 Å². The SMILES string of the molecule is COc1ccc(F)cc1C(C)(C)CC(O)(Cc1ccc2ccccc2n1)C(F)(F)F. The first-order valence-electron chi connectivity index (χ1n) is 9.43. The van der Waals surface area contributed by atoms with Crippen LogP contribution in [0.15, 0.2) is 54.6 Å². The van der Waals surface area contributed by atoms with Crippen molar-refractivity contribution >= 4 is 10.9 Å². The molecular formula is C23H23F4NO2. The van der Waals surface area contributed by atoms with Crippen molar-refractivity contribution in [2.45, 2.75) is 43.9 Å². The van der Waals surface area contributed by atoms with E-state index in [1.165, 1.54) is 39.2 Å². The lowest BCUT2D eigenvalue weighted by Crippen LogP contribution is -2.51. The Kier molecular flexibility index (Phi) is 5.78. The number of hydrogen-bond acceptors (Lipinski definition) is 3. The van der Waals surface area contributed by atoms with Gasteiger partial charge in [-0.2, -0.15) is 13.2 Å². The van der Waals surface area contributed by atoms with Crippen LogP contribution < -0.4 is 4.74 Å². The monoisotopic (exact) mass is 421 g/mol. The predicted octanol–water partition coefficient (Wildman–Crippen LogP) is 5.59. The van der Waals surface area contributed by atoms with Crippen LogP contribution >= 0.6 is 0 Å². The fourth-order valence-corrected chi connectivity index (χ4v) is 3.80. The van der Waals surface area contributed by atoms with Crippen LogP contribution in [0.2, 0.25) is 0 Å². The van der Waals surface area contributed by atoms with Crippen molar-refractivity contribution in [2.24, 2.45) is 0 Å². The molecule has 0 bridgehead atoms. The molecule has 0 amide bonds. The third kappa shape index (κ3) is 4.41. The van der Waals surface area contributed by atoms with Gasteiger partial charge >= 0.3 is 6.18 Å². The number of aliphatic hydroxyl groups is 1. The number of rotatable bonds is 6. The number of hydrogen-bond donors (Lipinski definition) is 1. The second-order valence-electron chi connectivity index (χ2n) is 8.11. The maximum atomic E-state index is 14.0. The molecule has 1 heterocycles. The van der Waals surface area contributed by atoms with E-state index in [-0.39, 0.29) is 17.0 Å². The van der Waals surface area contributed by atoms with Gasteiger partial charge in [-0.15, -0.1) is 0 Å². The molecule has 0 fully saturated rings. The Balaban J connectivity index is 1.99. The minimum atomic E-state index is -4.92. The van der Waals surface area contributed by atoms with E-state index in [9.17, 15) is 22.7 Å². The highest BCUT2D eigenvalue weighted by atomic mass is 19.4. The minimum absolute atomic E-state index is 0.121. The zero-order valence-corrected chi connectivity index (χ0v) is 16.9. The van der Waals surface area contributed by atoms with Gasteiger partial charge in [0.05, 0.1) is 12.6 Å². The van der Waals surface area contributed by atoms with E-state index >= 15 is 0 Å². The number of benzene rings is 2. The molecular weight excluding hydrogens is 398 g/mol. The number of fused-ring (bicyclic) bond motifs is 1. The second kappa shape index (κ2) is 7.87. The average molecular weight is 421 g/mol. The third-order valence-corrected chi connectivity index (χ3v) is 5.28. The maximum absolute atomic E-state index is 14.0. The number of ether oxygens (including phenoxy) is 1. The number of halogens is 4. The standard InChI is InChI=1S/C23H23F4NO2/c1-21(2,18-12-16(24)9-11-20(18)30-3)14-22(29,23(25,26)27)13-17-10-8-15-6-4-5-7-19(15)28-17/h4-12,29H,13-14H2,1-3H3. The van der Waals surface area contributed by atoms with Crippen molar-refractivity contribution < 1.29 is 27.4 Å². The molecule has 3 nitrogen and oxygen atoms in total. The van der Waals surface area contributed by atoms with Gasteiger partial charge in [0.1, 0.15) is 11.6 Å². The molecule has 2 aromatic carbocycles. The first-order valence-corrected chi connectivity index (χ1v) is 9.43. The number of methoxy groups -OCH3 is 1. The van der Waals surface area contributed by atoms with Crippen LogP contribution in [0, 0.1) is 5.82 Å². The first-order chi connectivity index (χ1) is 13.9. The maximum Gasteiger partial charge on any atom is 0.417 e. The van der Waals surface area contributed by atoms with Gasteiger partial charge in [0, 0.05) is 23.1 Å². The van der Waals surface area contributed by atoms with E-state index < -0.39 is 35.9 Å². The Morgan fingerprint density at radius 3 is 2.37 bits per heavy atom. The Morgan fingerprint density at radius 2 is 1.70 bits per heavy atom. The van der Waals surface area contributed by atoms with Gasteiger partial charge in [-0.3, -0.25) is 4.98 Å². The number of nitrogens with zero attached hydrogens (tertiary/aromatic N) is 1. The molecule has 0 saturated carbocycles. The fraction of sp³-hybridized carbons (Fsp3) is 0.348. The molecule has 160 valence electrons. The van der Waals surface area contributed by atoms with E-state index in [4.69, 9.17) is 4.74 Å². The molecule has 0 aliphatic heterocycles. The molecule has 3 rings (SSSR count). The van der Waals surface area contributed by atoms with Crippen molar-refractivity contribution in [3.05, 3.63) is 71.7 Å². The highest BCUT2D eigenvalue weighted by Crippen LogP contribution is 2.45. The molecule has 0 saturated heterocycles. The number of aromatic nitrogens is 1. The normalized spacial score (nSPS) is 14.5. The quantitative estimate of drug-likeness (QED) is 0.528. The zero-order valence-electron chi connectivity index (χ0n) is 16.9. The van der Waals surface area contributed by atoms with Crippen LogP contribution in [-0.4, -0.2) is 29.0 Å². The van der Waals surface area contributed by atoms with Crippen molar-refractivity contribution in [1.29, 1.82) is 0 Å². The molecule has 1 unspecified atom stereocenters. The van der Waals surface area contributed by atoms with Crippen molar-refractivity contribution in [3.63, 3.8) is 0 Å². The molecule has 0 aliphatic rings. The number of para-hydroxylation sites is 1. The summed E-state index contributed by atoms with van der Waals surface area (Å²) < 4.78 is 61.1. The molecule has 1 aromatic heterocycles. The van der Waals surface area contributed by atoms with Gasteiger partial charge in [-0.1, -0.05) is 38.1 Å². The predicted molar refractivity (Wildman–Crippen MR) is 107 cm³/mol. The summed E-state index contributed by atoms with van der Waals surface area (Å²) in [6, 6.07) is 13.9. The molecule has 0 radical (unpaired) electrons. The van der Waals surface area contributed by atoms with Crippen molar-refractivity contribution in [3.8, 4) is 5.75 Å².